The number of hydrogen-bond acceptors (Lipinski definition) is 7. The van der Waals surface area contributed by atoms with E-state index in [0.29, 0.717) is 33.0 Å². The molecule has 2 heterocycles. The number of benzene rings is 2. The summed E-state index contributed by atoms with van der Waals surface area (Å²) in [6, 6.07) is 12.5. The first-order valence-corrected chi connectivity index (χ1v) is 10.4. The number of carbonyl (C=O) groups excluding carboxylic acids is 2. The summed E-state index contributed by atoms with van der Waals surface area (Å²) >= 11 is 6.48. The normalized spacial score (nSPS) is 16.3. The van der Waals surface area contributed by atoms with Gasteiger partial charge in [-0.2, -0.15) is 0 Å². The Morgan fingerprint density at radius 2 is 2.00 bits per heavy atom. The maximum absolute atomic E-state index is 12.7. The highest BCUT2D eigenvalue weighted by atomic mass is 32.2. The predicted octanol–water partition coefficient (Wildman–Crippen LogP) is 3.65. The van der Waals surface area contributed by atoms with Crippen LogP contribution >= 0.6 is 24.0 Å². The summed E-state index contributed by atoms with van der Waals surface area (Å²) in [4.78, 5) is 27.0. The maximum atomic E-state index is 12.7. The van der Waals surface area contributed by atoms with Crippen LogP contribution in [-0.2, 0) is 9.59 Å². The predicted molar refractivity (Wildman–Crippen MR) is 119 cm³/mol. The summed E-state index contributed by atoms with van der Waals surface area (Å²) in [5.74, 6) is 1.32. The van der Waals surface area contributed by atoms with Crippen LogP contribution in [0.5, 0.6) is 17.2 Å². The van der Waals surface area contributed by atoms with Gasteiger partial charge < -0.3 is 19.5 Å². The van der Waals surface area contributed by atoms with Crippen molar-refractivity contribution in [3.05, 3.63) is 52.9 Å². The molecule has 2 aliphatic rings. The highest BCUT2D eigenvalue weighted by Crippen LogP contribution is 2.35. The third kappa shape index (κ3) is 4.42. The first-order valence-electron chi connectivity index (χ1n) is 9.21. The van der Waals surface area contributed by atoms with Gasteiger partial charge in [0.15, 0.2) is 11.5 Å². The highest BCUT2D eigenvalue weighted by Gasteiger charge is 2.33. The molecular formula is C21H18N2O5S2. The van der Waals surface area contributed by atoms with Crippen molar-refractivity contribution < 1.29 is 23.8 Å². The van der Waals surface area contributed by atoms with Crippen LogP contribution in [0.4, 0.5) is 5.69 Å². The second-order valence-corrected chi connectivity index (χ2v) is 8.06. The number of anilines is 1. The molecule has 2 amide bonds. The van der Waals surface area contributed by atoms with E-state index in [1.807, 2.05) is 31.2 Å². The standard InChI is InChI=1S/C21H18N2O5S2/c1-2-26-15-6-3-13(4-7-15)9-18-20(25)23(21(29)30-18)11-19(24)22-14-5-8-16-17(10-14)28-12-27-16/h3-10H,2,11-12H2,1H3,(H,22,24). The number of fused-ring (bicyclic) bond motifs is 1. The van der Waals surface area contributed by atoms with Crippen molar-refractivity contribution in [1.82, 2.24) is 4.90 Å². The Morgan fingerprint density at radius 1 is 1.23 bits per heavy atom. The van der Waals surface area contributed by atoms with Gasteiger partial charge in [-0.05, 0) is 42.8 Å². The van der Waals surface area contributed by atoms with Gasteiger partial charge in [0.25, 0.3) is 5.91 Å². The fourth-order valence-corrected chi connectivity index (χ4v) is 4.19. The average Bonchev–Trinajstić information content (AvgIpc) is 3.29. The number of nitrogens with zero attached hydrogens (tertiary/aromatic N) is 1. The summed E-state index contributed by atoms with van der Waals surface area (Å²) in [7, 11) is 0. The number of rotatable bonds is 6. The molecule has 7 nitrogen and oxygen atoms in total. The van der Waals surface area contributed by atoms with E-state index < -0.39 is 0 Å². The second-order valence-electron chi connectivity index (χ2n) is 6.39. The Bertz CT molecular complexity index is 1040. The van der Waals surface area contributed by atoms with Crippen molar-refractivity contribution >= 4 is 51.9 Å². The molecule has 2 aromatic rings. The number of thiocarbonyl (C=S) groups is 1. The van der Waals surface area contributed by atoms with Crippen LogP contribution in [0.2, 0.25) is 0 Å². The fraction of sp³-hybridized carbons (Fsp3) is 0.190. The van der Waals surface area contributed by atoms with Gasteiger partial charge in [0.05, 0.1) is 11.5 Å². The minimum absolute atomic E-state index is 0.157. The van der Waals surface area contributed by atoms with E-state index in [2.05, 4.69) is 5.32 Å². The van der Waals surface area contributed by atoms with Gasteiger partial charge in [0.1, 0.15) is 16.6 Å². The Kier molecular flexibility index (Phi) is 5.91. The number of ether oxygens (including phenoxy) is 3. The molecule has 1 saturated heterocycles. The van der Waals surface area contributed by atoms with Crippen molar-refractivity contribution in [2.24, 2.45) is 0 Å². The van der Waals surface area contributed by atoms with Crippen LogP contribution in [-0.4, -0.2) is 41.0 Å². The number of thioether (sulfide) groups is 1. The number of carbonyl (C=O) groups is 2. The molecular weight excluding hydrogens is 424 g/mol. The SMILES string of the molecule is CCOc1ccc(C=C2SC(=S)N(CC(=O)Nc3ccc4c(c3)OCO4)C2=O)cc1. The van der Waals surface area contributed by atoms with Crippen molar-refractivity contribution in [1.29, 1.82) is 0 Å². The quantitative estimate of drug-likeness (QED) is 0.540. The number of hydrogen-bond donors (Lipinski definition) is 1. The van der Waals surface area contributed by atoms with Crippen molar-refractivity contribution in [2.75, 3.05) is 25.3 Å². The molecule has 0 atom stereocenters. The molecule has 0 spiro atoms. The molecule has 154 valence electrons. The summed E-state index contributed by atoms with van der Waals surface area (Å²) < 4.78 is 16.3. The van der Waals surface area contributed by atoms with E-state index in [1.165, 1.54) is 16.7 Å². The molecule has 2 aromatic carbocycles. The van der Waals surface area contributed by atoms with E-state index in [0.717, 1.165) is 11.3 Å². The van der Waals surface area contributed by atoms with Crippen molar-refractivity contribution in [2.45, 2.75) is 6.92 Å². The smallest absolute Gasteiger partial charge is 0.266 e. The number of nitrogens with one attached hydrogen (secondary N) is 1. The molecule has 2 aliphatic heterocycles. The zero-order valence-corrected chi connectivity index (χ0v) is 17.7. The van der Waals surface area contributed by atoms with E-state index in [9.17, 15) is 9.59 Å². The summed E-state index contributed by atoms with van der Waals surface area (Å²) in [5.41, 5.74) is 1.41. The van der Waals surface area contributed by atoms with Gasteiger partial charge >= 0.3 is 0 Å². The van der Waals surface area contributed by atoms with Crippen molar-refractivity contribution in [3.63, 3.8) is 0 Å². The molecule has 0 saturated carbocycles. The molecule has 0 bridgehead atoms. The topological polar surface area (TPSA) is 77.1 Å². The molecule has 1 fully saturated rings. The highest BCUT2D eigenvalue weighted by molar-refractivity contribution is 8.26. The Balaban J connectivity index is 1.40. The molecule has 1 N–H and O–H groups in total. The van der Waals surface area contributed by atoms with Crippen LogP contribution < -0.4 is 19.5 Å². The van der Waals surface area contributed by atoms with Gasteiger partial charge in [-0.25, -0.2) is 0 Å². The summed E-state index contributed by atoms with van der Waals surface area (Å²) in [6.45, 7) is 2.50. The molecule has 0 unspecified atom stereocenters. The minimum atomic E-state index is -0.354. The van der Waals surface area contributed by atoms with Gasteiger partial charge in [-0.3, -0.25) is 14.5 Å². The van der Waals surface area contributed by atoms with Crippen LogP contribution in [0.25, 0.3) is 6.08 Å². The first-order chi connectivity index (χ1) is 14.5. The van der Waals surface area contributed by atoms with E-state index in [-0.39, 0.29) is 25.2 Å². The molecule has 30 heavy (non-hydrogen) atoms. The zero-order chi connectivity index (χ0) is 21.1. The minimum Gasteiger partial charge on any atom is -0.494 e. The van der Waals surface area contributed by atoms with Gasteiger partial charge in [0.2, 0.25) is 12.7 Å². The van der Waals surface area contributed by atoms with Gasteiger partial charge in [0, 0.05) is 11.8 Å². The average molecular weight is 443 g/mol. The lowest BCUT2D eigenvalue weighted by molar-refractivity contribution is -0.126. The third-order valence-electron chi connectivity index (χ3n) is 4.32. The largest absolute Gasteiger partial charge is 0.494 e. The zero-order valence-electron chi connectivity index (χ0n) is 16.0. The van der Waals surface area contributed by atoms with Crippen LogP contribution in [0.3, 0.4) is 0 Å². The van der Waals surface area contributed by atoms with Gasteiger partial charge in [-0.1, -0.05) is 36.1 Å². The Morgan fingerprint density at radius 3 is 2.77 bits per heavy atom. The maximum Gasteiger partial charge on any atom is 0.266 e. The molecule has 0 aliphatic carbocycles. The fourth-order valence-electron chi connectivity index (χ4n) is 2.93. The summed E-state index contributed by atoms with van der Waals surface area (Å²) in [5, 5.41) is 2.75. The lowest BCUT2D eigenvalue weighted by atomic mass is 10.2. The molecule has 0 aromatic heterocycles. The molecule has 9 heteroatoms. The first kappa shape index (κ1) is 20.2. The van der Waals surface area contributed by atoms with Crippen LogP contribution in [0.1, 0.15) is 12.5 Å². The lowest BCUT2D eigenvalue weighted by Crippen LogP contribution is -2.36. The Hall–Kier alpha value is -3.04. The van der Waals surface area contributed by atoms with E-state index in [4.69, 9.17) is 26.4 Å². The van der Waals surface area contributed by atoms with E-state index >= 15 is 0 Å². The van der Waals surface area contributed by atoms with Crippen LogP contribution in [0, 0.1) is 0 Å². The van der Waals surface area contributed by atoms with Crippen molar-refractivity contribution in [3.8, 4) is 17.2 Å². The second kappa shape index (κ2) is 8.76. The third-order valence-corrected chi connectivity index (χ3v) is 5.70. The summed E-state index contributed by atoms with van der Waals surface area (Å²) in [6.07, 6.45) is 1.75. The molecule has 0 radical (unpaired) electrons. The molecule has 4 rings (SSSR count). The number of amides is 2. The van der Waals surface area contributed by atoms with Crippen LogP contribution in [0.15, 0.2) is 47.4 Å². The lowest BCUT2D eigenvalue weighted by Gasteiger charge is -2.14. The van der Waals surface area contributed by atoms with E-state index in [1.54, 1.807) is 24.3 Å². The van der Waals surface area contributed by atoms with Gasteiger partial charge in [-0.15, -0.1) is 0 Å². The monoisotopic (exact) mass is 442 g/mol. The Labute approximate surface area is 183 Å².